The van der Waals surface area contributed by atoms with Gasteiger partial charge in [-0.05, 0) is 61.0 Å². The third-order valence-electron chi connectivity index (χ3n) is 2.91. The lowest BCUT2D eigenvalue weighted by atomic mass is 10.1. The molecule has 0 aliphatic rings. The van der Waals surface area contributed by atoms with E-state index in [9.17, 15) is 0 Å². The van der Waals surface area contributed by atoms with Crippen molar-refractivity contribution in [3.05, 3.63) is 49.1 Å². The van der Waals surface area contributed by atoms with Crippen LogP contribution in [0, 0.1) is 13.8 Å². The smallest absolute Gasteiger partial charge is 0.0931 e. The number of thiophene rings is 1. The van der Waals surface area contributed by atoms with Gasteiger partial charge in [0.1, 0.15) is 0 Å². The molecule has 0 saturated heterocycles. The zero-order valence-corrected chi connectivity index (χ0v) is 13.7. The molecule has 0 spiro atoms. The lowest BCUT2D eigenvalue weighted by molar-refractivity contribution is 0.889. The zero-order chi connectivity index (χ0) is 13.3. The lowest BCUT2D eigenvalue weighted by Crippen LogP contribution is -2.06. The maximum absolute atomic E-state index is 5.96. The maximum atomic E-state index is 5.96. The van der Waals surface area contributed by atoms with Crippen molar-refractivity contribution in [2.45, 2.75) is 26.8 Å². The van der Waals surface area contributed by atoms with Gasteiger partial charge in [-0.15, -0.1) is 11.3 Å². The first kappa shape index (κ1) is 13.9. The number of benzene rings is 1. The van der Waals surface area contributed by atoms with Crippen LogP contribution in [0.5, 0.6) is 0 Å². The molecule has 1 aromatic carbocycles. The molecule has 0 bridgehead atoms. The van der Waals surface area contributed by atoms with Crippen molar-refractivity contribution in [2.75, 3.05) is 5.32 Å². The average molecular weight is 345 g/mol. The highest BCUT2D eigenvalue weighted by molar-refractivity contribution is 9.10. The first-order chi connectivity index (χ1) is 8.47. The Morgan fingerprint density at radius 3 is 2.33 bits per heavy atom. The Morgan fingerprint density at radius 1 is 1.22 bits per heavy atom. The summed E-state index contributed by atoms with van der Waals surface area (Å²) in [7, 11) is 0. The van der Waals surface area contributed by atoms with Crippen LogP contribution in [-0.4, -0.2) is 0 Å². The minimum Gasteiger partial charge on any atom is -0.378 e. The molecule has 0 saturated carbocycles. The van der Waals surface area contributed by atoms with Crippen molar-refractivity contribution in [2.24, 2.45) is 0 Å². The second-order valence-corrected chi connectivity index (χ2v) is 6.81. The summed E-state index contributed by atoms with van der Waals surface area (Å²) in [4.78, 5) is 0. The second kappa shape index (κ2) is 5.64. The Bertz CT molecular complexity index is 542. The highest BCUT2D eigenvalue weighted by atomic mass is 79.9. The third kappa shape index (κ3) is 3.08. The van der Waals surface area contributed by atoms with Gasteiger partial charge in [-0.25, -0.2) is 0 Å². The van der Waals surface area contributed by atoms with Gasteiger partial charge in [0.05, 0.1) is 4.34 Å². The summed E-state index contributed by atoms with van der Waals surface area (Å²) in [5.41, 5.74) is 4.85. The summed E-state index contributed by atoms with van der Waals surface area (Å²) >= 11 is 11.1. The van der Waals surface area contributed by atoms with Gasteiger partial charge in [-0.3, -0.25) is 0 Å². The largest absolute Gasteiger partial charge is 0.378 e. The molecule has 1 N–H and O–H groups in total. The third-order valence-corrected chi connectivity index (χ3v) is 5.27. The Hall–Kier alpha value is -0.510. The highest BCUT2D eigenvalue weighted by Gasteiger charge is 2.09. The minimum atomic E-state index is 0.258. The number of nitrogens with one attached hydrogen (secondary N) is 1. The van der Waals surface area contributed by atoms with Crippen LogP contribution in [0.15, 0.2) is 28.1 Å². The molecule has 18 heavy (non-hydrogen) atoms. The van der Waals surface area contributed by atoms with Crippen molar-refractivity contribution >= 4 is 44.6 Å². The monoisotopic (exact) mass is 343 g/mol. The van der Waals surface area contributed by atoms with Crippen molar-refractivity contribution in [1.29, 1.82) is 0 Å². The summed E-state index contributed by atoms with van der Waals surface area (Å²) in [6.45, 7) is 6.36. The molecule has 2 rings (SSSR count). The molecule has 1 unspecified atom stereocenters. The summed E-state index contributed by atoms with van der Waals surface area (Å²) < 4.78 is 2.01. The number of hydrogen-bond acceptors (Lipinski definition) is 2. The normalized spacial score (nSPS) is 12.5. The van der Waals surface area contributed by atoms with Crippen LogP contribution >= 0.6 is 38.9 Å². The molecule has 1 nitrogen and oxygen atoms in total. The zero-order valence-electron chi connectivity index (χ0n) is 10.6. The van der Waals surface area contributed by atoms with Crippen LogP contribution in [0.1, 0.15) is 29.7 Å². The fourth-order valence-corrected chi connectivity index (χ4v) is 3.13. The van der Waals surface area contributed by atoms with E-state index in [0.717, 1.165) is 10.0 Å². The van der Waals surface area contributed by atoms with Crippen molar-refractivity contribution in [1.82, 2.24) is 0 Å². The summed E-state index contributed by atoms with van der Waals surface area (Å²) in [5, 5.41) is 5.60. The minimum absolute atomic E-state index is 0.258. The summed E-state index contributed by atoms with van der Waals surface area (Å²) in [6.07, 6.45) is 0. The Labute approximate surface area is 125 Å². The van der Waals surface area contributed by atoms with Gasteiger partial charge in [0.25, 0.3) is 0 Å². The molecule has 0 fully saturated rings. The van der Waals surface area contributed by atoms with E-state index in [2.05, 4.69) is 59.5 Å². The van der Waals surface area contributed by atoms with Gasteiger partial charge < -0.3 is 5.32 Å². The first-order valence-corrected chi connectivity index (χ1v) is 7.79. The van der Waals surface area contributed by atoms with Gasteiger partial charge in [-0.2, -0.15) is 0 Å². The molecule has 0 aliphatic carbocycles. The second-order valence-electron chi connectivity index (χ2n) is 4.47. The maximum Gasteiger partial charge on any atom is 0.0931 e. The van der Waals surface area contributed by atoms with E-state index in [0.29, 0.717) is 0 Å². The molecular formula is C14H15BrClNS. The van der Waals surface area contributed by atoms with Crippen molar-refractivity contribution in [3.8, 4) is 0 Å². The topological polar surface area (TPSA) is 12.0 Å². The summed E-state index contributed by atoms with van der Waals surface area (Å²) in [5.74, 6) is 0. The molecule has 2 aromatic rings. The van der Waals surface area contributed by atoms with Crippen molar-refractivity contribution in [3.63, 3.8) is 0 Å². The fourth-order valence-electron chi connectivity index (χ4n) is 1.91. The van der Waals surface area contributed by atoms with Crippen LogP contribution in [0.2, 0.25) is 4.34 Å². The van der Waals surface area contributed by atoms with E-state index in [1.807, 2.05) is 6.07 Å². The van der Waals surface area contributed by atoms with Crippen LogP contribution in [0.4, 0.5) is 5.69 Å². The van der Waals surface area contributed by atoms with Gasteiger partial charge in [0.15, 0.2) is 0 Å². The lowest BCUT2D eigenvalue weighted by Gasteiger charge is -2.16. The predicted molar refractivity (Wildman–Crippen MR) is 85.0 cm³/mol. The molecule has 1 atom stereocenters. The van der Waals surface area contributed by atoms with Gasteiger partial charge >= 0.3 is 0 Å². The van der Waals surface area contributed by atoms with Gasteiger partial charge in [-0.1, -0.05) is 27.5 Å². The van der Waals surface area contributed by atoms with Gasteiger partial charge in [0.2, 0.25) is 0 Å². The predicted octanol–water partition coefficient (Wildman–Crippen LogP) is 5.95. The number of halogens is 2. The van der Waals surface area contributed by atoms with Crippen LogP contribution in [0.3, 0.4) is 0 Å². The molecule has 0 amide bonds. The molecule has 96 valence electrons. The SMILES string of the molecule is Cc1cc(NC(C)c2csc(Cl)c2)cc(C)c1Br. The van der Waals surface area contributed by atoms with Crippen LogP contribution in [0.25, 0.3) is 0 Å². The number of aryl methyl sites for hydroxylation is 2. The quantitative estimate of drug-likeness (QED) is 0.725. The van der Waals surface area contributed by atoms with E-state index >= 15 is 0 Å². The summed E-state index contributed by atoms with van der Waals surface area (Å²) in [6, 6.07) is 6.58. The molecular weight excluding hydrogens is 330 g/mol. The van der Waals surface area contributed by atoms with E-state index in [4.69, 9.17) is 11.6 Å². The fraction of sp³-hybridized carbons (Fsp3) is 0.286. The van der Waals surface area contributed by atoms with E-state index < -0.39 is 0 Å². The number of anilines is 1. The Morgan fingerprint density at radius 2 is 1.83 bits per heavy atom. The molecule has 4 heteroatoms. The average Bonchev–Trinajstić information content (AvgIpc) is 2.72. The van der Waals surface area contributed by atoms with E-state index in [1.54, 1.807) is 11.3 Å². The number of hydrogen-bond donors (Lipinski definition) is 1. The number of rotatable bonds is 3. The molecule has 0 aliphatic heterocycles. The van der Waals surface area contributed by atoms with Crippen molar-refractivity contribution < 1.29 is 0 Å². The highest BCUT2D eigenvalue weighted by Crippen LogP contribution is 2.29. The molecule has 1 aromatic heterocycles. The molecule has 1 heterocycles. The van der Waals surface area contributed by atoms with E-state index in [-0.39, 0.29) is 6.04 Å². The standard InChI is InChI=1S/C14H15BrClNS/c1-8-4-12(5-9(2)14(8)15)17-10(3)11-6-13(16)18-7-11/h4-7,10,17H,1-3H3. The van der Waals surface area contributed by atoms with Crippen LogP contribution in [-0.2, 0) is 0 Å². The molecule has 0 radical (unpaired) electrons. The van der Waals surface area contributed by atoms with Crippen LogP contribution < -0.4 is 5.32 Å². The first-order valence-electron chi connectivity index (χ1n) is 5.74. The van der Waals surface area contributed by atoms with E-state index in [1.165, 1.54) is 21.2 Å². The van der Waals surface area contributed by atoms with Gasteiger partial charge in [0, 0.05) is 16.2 Å². The Balaban J connectivity index is 2.19. The Kier molecular flexibility index (Phi) is 4.36.